The summed E-state index contributed by atoms with van der Waals surface area (Å²) in [4.78, 5) is 39.0. The maximum absolute atomic E-state index is 13.3. The van der Waals surface area contributed by atoms with E-state index >= 15 is 0 Å². The standard InChI is InChI=1S/C23H27N3O3/c1-12-7-8-14(9-13(12)2)17-18-15(10-23(3,4)11-16(18)27)24-20-19(17)21(28)26(6)22(29)25(20)5/h7-9,17,24H,10-11H2,1-6H3. The highest BCUT2D eigenvalue weighted by molar-refractivity contribution is 6.01. The van der Waals surface area contributed by atoms with Gasteiger partial charge in [-0.15, -0.1) is 0 Å². The third-order valence-corrected chi connectivity index (χ3v) is 6.33. The summed E-state index contributed by atoms with van der Waals surface area (Å²) in [6, 6.07) is 6.07. The van der Waals surface area contributed by atoms with Gasteiger partial charge in [-0.05, 0) is 42.4 Å². The van der Waals surface area contributed by atoms with E-state index in [9.17, 15) is 14.4 Å². The van der Waals surface area contributed by atoms with Gasteiger partial charge in [-0.25, -0.2) is 4.79 Å². The van der Waals surface area contributed by atoms with Gasteiger partial charge in [0.15, 0.2) is 5.78 Å². The number of Topliss-reactive ketones (excluding diaryl/α,β-unsaturated/α-hetero) is 1. The van der Waals surface area contributed by atoms with Gasteiger partial charge in [-0.1, -0.05) is 32.0 Å². The second-order valence-electron chi connectivity index (χ2n) is 9.20. The van der Waals surface area contributed by atoms with Crippen molar-refractivity contribution in [2.24, 2.45) is 19.5 Å². The number of hydrogen-bond donors (Lipinski definition) is 1. The summed E-state index contributed by atoms with van der Waals surface area (Å²) in [6.45, 7) is 8.21. The highest BCUT2D eigenvalue weighted by atomic mass is 16.2. The summed E-state index contributed by atoms with van der Waals surface area (Å²) in [6.07, 6.45) is 1.13. The SMILES string of the molecule is Cc1ccc(C2C3=C(CC(C)(C)CC3=O)Nc3c2c(=O)n(C)c(=O)n3C)cc1C. The van der Waals surface area contributed by atoms with Crippen LogP contribution in [-0.4, -0.2) is 14.9 Å². The van der Waals surface area contributed by atoms with Crippen LogP contribution >= 0.6 is 0 Å². The van der Waals surface area contributed by atoms with Crippen LogP contribution in [0.25, 0.3) is 0 Å². The molecule has 1 aromatic carbocycles. The first-order valence-corrected chi connectivity index (χ1v) is 9.92. The molecular weight excluding hydrogens is 366 g/mol. The molecule has 1 N–H and O–H groups in total. The minimum atomic E-state index is -0.477. The van der Waals surface area contributed by atoms with Gasteiger partial charge >= 0.3 is 5.69 Å². The maximum Gasteiger partial charge on any atom is 0.332 e. The van der Waals surface area contributed by atoms with Crippen LogP contribution in [0.15, 0.2) is 39.1 Å². The summed E-state index contributed by atoms with van der Waals surface area (Å²) < 4.78 is 2.60. The highest BCUT2D eigenvalue weighted by Gasteiger charge is 2.42. The number of fused-ring (bicyclic) bond motifs is 1. The molecule has 6 heteroatoms. The summed E-state index contributed by atoms with van der Waals surface area (Å²) >= 11 is 0. The molecule has 2 heterocycles. The smallest absolute Gasteiger partial charge is 0.332 e. The molecule has 1 aliphatic heterocycles. The monoisotopic (exact) mass is 393 g/mol. The molecule has 0 radical (unpaired) electrons. The Kier molecular flexibility index (Phi) is 4.22. The molecule has 0 spiro atoms. The minimum absolute atomic E-state index is 0.0635. The van der Waals surface area contributed by atoms with Crippen LogP contribution in [0.5, 0.6) is 0 Å². The average Bonchev–Trinajstić information content (AvgIpc) is 2.64. The number of benzene rings is 1. The lowest BCUT2D eigenvalue weighted by molar-refractivity contribution is -0.118. The first kappa shape index (κ1) is 19.4. The molecule has 0 saturated heterocycles. The number of aromatic nitrogens is 2. The van der Waals surface area contributed by atoms with E-state index in [-0.39, 0.29) is 22.4 Å². The van der Waals surface area contributed by atoms with Crippen LogP contribution in [0.1, 0.15) is 54.9 Å². The largest absolute Gasteiger partial charge is 0.344 e. The maximum atomic E-state index is 13.3. The Balaban J connectivity index is 2.09. The van der Waals surface area contributed by atoms with Crippen molar-refractivity contribution in [1.29, 1.82) is 0 Å². The van der Waals surface area contributed by atoms with Crippen LogP contribution in [0.4, 0.5) is 5.82 Å². The van der Waals surface area contributed by atoms with Crippen molar-refractivity contribution in [2.75, 3.05) is 5.32 Å². The zero-order valence-electron chi connectivity index (χ0n) is 17.8. The van der Waals surface area contributed by atoms with Gasteiger partial charge in [-0.3, -0.25) is 18.7 Å². The molecule has 0 amide bonds. The van der Waals surface area contributed by atoms with E-state index in [0.29, 0.717) is 29.8 Å². The van der Waals surface area contributed by atoms with E-state index in [2.05, 4.69) is 25.2 Å². The minimum Gasteiger partial charge on any atom is -0.344 e. The first-order chi connectivity index (χ1) is 13.5. The Morgan fingerprint density at radius 3 is 2.34 bits per heavy atom. The summed E-state index contributed by atoms with van der Waals surface area (Å²) in [7, 11) is 3.14. The van der Waals surface area contributed by atoms with Crippen molar-refractivity contribution < 1.29 is 4.79 Å². The van der Waals surface area contributed by atoms with Crippen molar-refractivity contribution in [3.05, 3.63) is 72.6 Å². The lowest BCUT2D eigenvalue weighted by Gasteiger charge is -2.39. The molecule has 29 heavy (non-hydrogen) atoms. The van der Waals surface area contributed by atoms with Gasteiger partial charge in [0.1, 0.15) is 5.82 Å². The van der Waals surface area contributed by atoms with E-state index in [1.807, 2.05) is 26.0 Å². The van der Waals surface area contributed by atoms with Gasteiger partial charge in [0.2, 0.25) is 0 Å². The number of nitrogens with zero attached hydrogens (tertiary/aromatic N) is 2. The van der Waals surface area contributed by atoms with Gasteiger partial charge in [0.25, 0.3) is 5.56 Å². The van der Waals surface area contributed by atoms with Crippen LogP contribution in [0.2, 0.25) is 0 Å². The van der Waals surface area contributed by atoms with E-state index in [1.54, 1.807) is 7.05 Å². The van der Waals surface area contributed by atoms with Crippen molar-refractivity contribution in [3.8, 4) is 0 Å². The van der Waals surface area contributed by atoms with E-state index in [4.69, 9.17) is 0 Å². The van der Waals surface area contributed by atoms with E-state index < -0.39 is 5.92 Å². The summed E-state index contributed by atoms with van der Waals surface area (Å²) in [5, 5.41) is 3.30. The first-order valence-electron chi connectivity index (χ1n) is 9.92. The Morgan fingerprint density at radius 2 is 1.69 bits per heavy atom. The topological polar surface area (TPSA) is 73.1 Å². The predicted molar refractivity (Wildman–Crippen MR) is 113 cm³/mol. The third-order valence-electron chi connectivity index (χ3n) is 6.33. The van der Waals surface area contributed by atoms with E-state index in [1.165, 1.54) is 11.6 Å². The van der Waals surface area contributed by atoms with Gasteiger partial charge in [0.05, 0.1) is 5.56 Å². The van der Waals surface area contributed by atoms with Gasteiger partial charge in [0, 0.05) is 37.7 Å². The molecule has 2 aromatic rings. The Labute approximate surface area is 169 Å². The van der Waals surface area contributed by atoms with Crippen LogP contribution < -0.4 is 16.6 Å². The number of ketones is 1. The Hall–Kier alpha value is -2.89. The van der Waals surface area contributed by atoms with Gasteiger partial charge < -0.3 is 5.32 Å². The predicted octanol–water partition coefficient (Wildman–Crippen LogP) is 2.90. The number of carbonyl (C=O) groups is 1. The van der Waals surface area contributed by atoms with E-state index in [0.717, 1.165) is 27.0 Å². The van der Waals surface area contributed by atoms with Crippen LogP contribution in [-0.2, 0) is 18.9 Å². The third kappa shape index (κ3) is 2.89. The molecule has 1 aromatic heterocycles. The van der Waals surface area contributed by atoms with Gasteiger partial charge in [-0.2, -0.15) is 0 Å². The van der Waals surface area contributed by atoms with Crippen LogP contribution in [0, 0.1) is 19.3 Å². The van der Waals surface area contributed by atoms with Crippen LogP contribution in [0.3, 0.4) is 0 Å². The average molecular weight is 393 g/mol. The zero-order chi connectivity index (χ0) is 21.2. The zero-order valence-corrected chi connectivity index (χ0v) is 17.8. The van der Waals surface area contributed by atoms with Crippen molar-refractivity contribution >= 4 is 11.6 Å². The molecule has 4 rings (SSSR count). The normalized spacial score (nSPS) is 20.2. The fourth-order valence-corrected chi connectivity index (χ4v) is 4.63. The van der Waals surface area contributed by atoms with Crippen molar-refractivity contribution in [2.45, 2.75) is 46.5 Å². The number of allylic oxidation sites excluding steroid dienone is 2. The molecule has 0 saturated carbocycles. The number of aryl methyl sites for hydroxylation is 2. The number of nitrogens with one attached hydrogen (secondary N) is 1. The number of carbonyl (C=O) groups excluding carboxylic acids is 1. The Morgan fingerprint density at radius 1 is 1.00 bits per heavy atom. The fraction of sp³-hybridized carbons (Fsp3) is 0.435. The highest BCUT2D eigenvalue weighted by Crippen LogP contribution is 2.47. The molecular formula is C23H27N3O3. The van der Waals surface area contributed by atoms with Crippen molar-refractivity contribution in [1.82, 2.24) is 9.13 Å². The van der Waals surface area contributed by atoms with Crippen molar-refractivity contribution in [3.63, 3.8) is 0 Å². The molecule has 1 unspecified atom stereocenters. The second-order valence-corrected chi connectivity index (χ2v) is 9.20. The number of hydrogen-bond acceptors (Lipinski definition) is 4. The number of anilines is 1. The summed E-state index contributed by atoms with van der Waals surface area (Å²) in [5.41, 5.74) is 4.20. The quantitative estimate of drug-likeness (QED) is 0.809. The molecule has 1 aliphatic carbocycles. The fourth-order valence-electron chi connectivity index (χ4n) is 4.63. The Bertz CT molecular complexity index is 1210. The molecule has 152 valence electrons. The second kappa shape index (κ2) is 6.31. The molecule has 0 bridgehead atoms. The lowest BCUT2D eigenvalue weighted by atomic mass is 9.69. The lowest BCUT2D eigenvalue weighted by Crippen LogP contribution is -2.45. The molecule has 2 aliphatic rings. The molecule has 1 atom stereocenters. The summed E-state index contributed by atoms with van der Waals surface area (Å²) in [5.74, 6) is 0.0776. The molecule has 6 nitrogen and oxygen atoms in total. The number of rotatable bonds is 1. The molecule has 0 fully saturated rings.